The molecule has 0 saturated carbocycles. The number of alkyl halides is 2. The molecule has 1 atom stereocenters. The standard InChI is InChI=1S/C19H17ClF3N3O2.CH2O2/c1-18(19(22,23)10-28-9-16(24)26-18)12-7-11(4-5-14(12)21)8-15(27)17-13(20)3-2-6-25-17;2-1-3/h2-7H,8-10H2,1H3,(H2,24,26);1H,(H,2,3)/t18-;/m1./s1. The number of nitrogens with zero attached hydrogens (tertiary/aromatic N) is 2. The molecule has 3 rings (SSSR count). The molecule has 0 saturated heterocycles. The fraction of sp³-hybridized carbons (Fsp3) is 0.300. The van der Waals surface area contributed by atoms with Gasteiger partial charge in [0.05, 0.1) is 5.02 Å². The predicted molar refractivity (Wildman–Crippen MR) is 107 cm³/mol. The lowest BCUT2D eigenvalue weighted by atomic mass is 9.84. The molecule has 11 heteroatoms. The molecule has 0 bridgehead atoms. The summed E-state index contributed by atoms with van der Waals surface area (Å²) in [5.41, 5.74) is 3.34. The maximum absolute atomic E-state index is 14.7. The van der Waals surface area contributed by atoms with Crippen LogP contribution in [0.2, 0.25) is 5.02 Å². The summed E-state index contributed by atoms with van der Waals surface area (Å²) in [6, 6.07) is 6.66. The highest BCUT2D eigenvalue weighted by molar-refractivity contribution is 6.33. The number of aliphatic imine (C=N–C) groups is 1. The zero-order chi connectivity index (χ0) is 23.2. The molecule has 1 aliphatic heterocycles. The van der Waals surface area contributed by atoms with Crippen LogP contribution in [-0.4, -0.2) is 47.3 Å². The average molecular weight is 458 g/mol. The van der Waals surface area contributed by atoms with Crippen LogP contribution in [-0.2, 0) is 21.5 Å². The Morgan fingerprint density at radius 1 is 1.39 bits per heavy atom. The third-order valence-corrected chi connectivity index (χ3v) is 4.86. The third-order valence-electron chi connectivity index (χ3n) is 4.56. The van der Waals surface area contributed by atoms with Crippen molar-refractivity contribution >= 4 is 29.7 Å². The van der Waals surface area contributed by atoms with Crippen molar-refractivity contribution in [3.8, 4) is 0 Å². The quantitative estimate of drug-likeness (QED) is 0.538. The molecule has 166 valence electrons. The molecular weight excluding hydrogens is 439 g/mol. The van der Waals surface area contributed by atoms with Crippen molar-refractivity contribution in [1.82, 2.24) is 4.98 Å². The minimum Gasteiger partial charge on any atom is -0.483 e. The van der Waals surface area contributed by atoms with Gasteiger partial charge in [-0.25, -0.2) is 13.2 Å². The highest BCUT2D eigenvalue weighted by Gasteiger charge is 2.54. The van der Waals surface area contributed by atoms with E-state index in [1.165, 1.54) is 24.4 Å². The van der Waals surface area contributed by atoms with Crippen molar-refractivity contribution in [3.63, 3.8) is 0 Å². The number of carbonyl (C=O) groups is 2. The lowest BCUT2D eigenvalue weighted by Gasteiger charge is -2.33. The summed E-state index contributed by atoms with van der Waals surface area (Å²) in [6.07, 6.45) is 1.22. The minimum atomic E-state index is -3.51. The van der Waals surface area contributed by atoms with E-state index in [9.17, 15) is 18.0 Å². The number of nitrogens with two attached hydrogens (primary N) is 1. The number of benzene rings is 1. The number of amidine groups is 1. The molecule has 31 heavy (non-hydrogen) atoms. The van der Waals surface area contributed by atoms with Crippen molar-refractivity contribution in [2.45, 2.75) is 24.8 Å². The van der Waals surface area contributed by atoms with E-state index in [4.69, 9.17) is 32.0 Å². The molecule has 0 unspecified atom stereocenters. The van der Waals surface area contributed by atoms with Gasteiger partial charge in [0.2, 0.25) is 0 Å². The number of hydrogen-bond acceptors (Lipinski definition) is 6. The van der Waals surface area contributed by atoms with E-state index in [0.29, 0.717) is 5.56 Å². The summed E-state index contributed by atoms with van der Waals surface area (Å²) < 4.78 is 48.8. The van der Waals surface area contributed by atoms with Gasteiger partial charge >= 0.3 is 0 Å². The fourth-order valence-corrected chi connectivity index (χ4v) is 3.23. The lowest BCUT2D eigenvalue weighted by molar-refractivity contribution is -0.122. The summed E-state index contributed by atoms with van der Waals surface area (Å²) in [4.78, 5) is 28.6. The number of carboxylic acid groups (broad SMARTS) is 1. The molecule has 1 aromatic heterocycles. The van der Waals surface area contributed by atoms with Crippen molar-refractivity contribution < 1.29 is 32.6 Å². The molecule has 1 aromatic carbocycles. The first-order valence-electron chi connectivity index (χ1n) is 8.86. The third kappa shape index (κ3) is 5.39. The lowest BCUT2D eigenvalue weighted by Crippen LogP contribution is -2.45. The number of ether oxygens (including phenoxy) is 1. The van der Waals surface area contributed by atoms with Gasteiger partial charge in [0, 0.05) is 18.2 Å². The molecule has 2 heterocycles. The Morgan fingerprint density at radius 3 is 2.71 bits per heavy atom. The van der Waals surface area contributed by atoms with E-state index >= 15 is 0 Å². The number of carbonyl (C=O) groups excluding carboxylic acids is 1. The summed E-state index contributed by atoms with van der Waals surface area (Å²) in [5.74, 6) is -4.98. The highest BCUT2D eigenvalue weighted by atomic mass is 35.5. The van der Waals surface area contributed by atoms with E-state index in [2.05, 4.69) is 9.98 Å². The van der Waals surface area contributed by atoms with E-state index < -0.39 is 29.7 Å². The van der Waals surface area contributed by atoms with Crippen LogP contribution in [0.4, 0.5) is 13.2 Å². The molecule has 0 spiro atoms. The number of pyridine rings is 1. The topological polar surface area (TPSA) is 115 Å². The van der Waals surface area contributed by atoms with E-state index in [1.807, 2.05) is 0 Å². The molecule has 7 nitrogen and oxygen atoms in total. The van der Waals surface area contributed by atoms with Gasteiger partial charge < -0.3 is 15.6 Å². The largest absolute Gasteiger partial charge is 0.483 e. The van der Waals surface area contributed by atoms with E-state index in [1.54, 1.807) is 6.07 Å². The normalized spacial score (nSPS) is 20.0. The SMILES string of the molecule is C[C@]1(c2cc(CC(=O)c3ncccc3Cl)ccc2F)N=C(N)COCC1(F)F.O=CO. The van der Waals surface area contributed by atoms with Gasteiger partial charge in [-0.3, -0.25) is 19.6 Å². The summed E-state index contributed by atoms with van der Waals surface area (Å²) in [5, 5.41) is 7.06. The molecule has 0 fully saturated rings. The van der Waals surface area contributed by atoms with Crippen LogP contribution in [0.25, 0.3) is 0 Å². The van der Waals surface area contributed by atoms with Crippen molar-refractivity contribution in [2.24, 2.45) is 10.7 Å². The summed E-state index contributed by atoms with van der Waals surface area (Å²) in [7, 11) is 0. The molecule has 0 amide bonds. The zero-order valence-electron chi connectivity index (χ0n) is 16.3. The van der Waals surface area contributed by atoms with Gasteiger partial charge in [0.15, 0.2) is 11.3 Å². The van der Waals surface area contributed by atoms with Gasteiger partial charge in [-0.15, -0.1) is 0 Å². The van der Waals surface area contributed by atoms with E-state index in [-0.39, 0.29) is 41.6 Å². The Balaban J connectivity index is 0.00000107. The Morgan fingerprint density at radius 2 is 2.06 bits per heavy atom. The number of rotatable bonds is 4. The zero-order valence-corrected chi connectivity index (χ0v) is 17.1. The molecular formula is C20H19ClF3N3O4. The van der Waals surface area contributed by atoms with Crippen molar-refractivity contribution in [1.29, 1.82) is 0 Å². The number of aromatic nitrogens is 1. The molecule has 0 radical (unpaired) electrons. The van der Waals surface area contributed by atoms with Gasteiger partial charge in [0.1, 0.15) is 30.6 Å². The number of halogens is 4. The number of Topliss-reactive ketones (excluding diaryl/α,β-unsaturated/α-hetero) is 1. The second kappa shape index (κ2) is 9.88. The number of ketones is 1. The van der Waals surface area contributed by atoms with Crippen LogP contribution in [0, 0.1) is 5.82 Å². The highest BCUT2D eigenvalue weighted by Crippen LogP contribution is 2.43. The first-order chi connectivity index (χ1) is 14.6. The van der Waals surface area contributed by atoms with Crippen LogP contribution in [0.15, 0.2) is 41.5 Å². The summed E-state index contributed by atoms with van der Waals surface area (Å²) >= 11 is 5.97. The Hall–Kier alpha value is -2.98. The molecule has 0 aliphatic carbocycles. The van der Waals surface area contributed by atoms with Gasteiger partial charge in [0.25, 0.3) is 12.4 Å². The average Bonchev–Trinajstić information content (AvgIpc) is 2.79. The number of hydrogen-bond donors (Lipinski definition) is 2. The maximum Gasteiger partial charge on any atom is 0.299 e. The predicted octanol–water partition coefficient (Wildman–Crippen LogP) is 3.24. The monoisotopic (exact) mass is 457 g/mol. The van der Waals surface area contributed by atoms with Crippen molar-refractivity contribution in [3.05, 3.63) is 64.2 Å². The van der Waals surface area contributed by atoms with E-state index in [0.717, 1.165) is 13.0 Å². The van der Waals surface area contributed by atoms with Gasteiger partial charge in [-0.1, -0.05) is 17.7 Å². The minimum absolute atomic E-state index is 0.0525. The Labute approximate surface area is 180 Å². The molecule has 1 aliphatic rings. The second-order valence-corrected chi connectivity index (χ2v) is 7.13. The fourth-order valence-electron chi connectivity index (χ4n) is 3.00. The van der Waals surface area contributed by atoms with Crippen LogP contribution < -0.4 is 5.73 Å². The Kier molecular flexibility index (Phi) is 7.75. The van der Waals surface area contributed by atoms with Crippen LogP contribution in [0.1, 0.15) is 28.5 Å². The van der Waals surface area contributed by atoms with Gasteiger partial charge in [-0.05, 0) is 36.8 Å². The molecule has 3 N–H and O–H groups in total. The first kappa shape index (κ1) is 24.3. The van der Waals surface area contributed by atoms with Gasteiger partial charge in [-0.2, -0.15) is 0 Å². The van der Waals surface area contributed by atoms with Crippen molar-refractivity contribution in [2.75, 3.05) is 13.2 Å². The Bertz CT molecular complexity index is 1000. The first-order valence-corrected chi connectivity index (χ1v) is 9.23. The summed E-state index contributed by atoms with van der Waals surface area (Å²) in [6.45, 7) is -0.392. The molecule has 2 aromatic rings. The van der Waals surface area contributed by atoms with Crippen LogP contribution in [0.5, 0.6) is 0 Å². The smallest absolute Gasteiger partial charge is 0.299 e. The van der Waals surface area contributed by atoms with Crippen LogP contribution >= 0.6 is 11.6 Å². The maximum atomic E-state index is 14.7. The second-order valence-electron chi connectivity index (χ2n) is 6.73. The van der Waals surface area contributed by atoms with Crippen LogP contribution in [0.3, 0.4) is 0 Å².